The molecule has 0 heterocycles. The van der Waals surface area contributed by atoms with Crippen LogP contribution in [0.5, 0.6) is 0 Å². The van der Waals surface area contributed by atoms with Crippen LogP contribution >= 0.6 is 0 Å². The summed E-state index contributed by atoms with van der Waals surface area (Å²) >= 11 is 0. The Morgan fingerprint density at radius 2 is 1.81 bits per heavy atom. The fourth-order valence-electron chi connectivity index (χ4n) is 3.82. The molecule has 0 saturated heterocycles. The van der Waals surface area contributed by atoms with Gasteiger partial charge in [0.25, 0.3) is 0 Å². The number of nitrogens with one attached hydrogen (secondary N) is 1. The lowest BCUT2D eigenvalue weighted by Crippen LogP contribution is -2.57. The van der Waals surface area contributed by atoms with Crippen molar-refractivity contribution < 1.29 is 8.42 Å². The minimum absolute atomic E-state index is 0.118. The van der Waals surface area contributed by atoms with Crippen LogP contribution in [0.25, 0.3) is 0 Å². The Kier molecular flexibility index (Phi) is 3.30. The molecular weight excluding hydrogens is 282 g/mol. The normalized spacial score (nSPS) is 30.8. The van der Waals surface area contributed by atoms with Gasteiger partial charge in [0.2, 0.25) is 10.0 Å². The third kappa shape index (κ3) is 2.34. The fourth-order valence-corrected chi connectivity index (χ4v) is 5.07. The lowest BCUT2D eigenvalue weighted by molar-refractivity contribution is -0.0356. The Morgan fingerprint density at radius 1 is 1.19 bits per heavy atom. The van der Waals surface area contributed by atoms with Crippen LogP contribution in [0.15, 0.2) is 41.3 Å². The number of hydrogen-bond acceptors (Lipinski definition) is 2. The first-order valence-corrected chi connectivity index (χ1v) is 8.98. The van der Waals surface area contributed by atoms with Crippen molar-refractivity contribution in [2.24, 2.45) is 17.3 Å². The van der Waals surface area contributed by atoms with Gasteiger partial charge >= 0.3 is 0 Å². The van der Waals surface area contributed by atoms with Crippen molar-refractivity contribution in [3.8, 4) is 0 Å². The van der Waals surface area contributed by atoms with Crippen molar-refractivity contribution in [2.45, 2.75) is 44.6 Å². The first-order chi connectivity index (χ1) is 9.72. The molecule has 4 rings (SSSR count). The predicted molar refractivity (Wildman–Crippen MR) is 84.4 cm³/mol. The molecule has 1 N–H and O–H groups in total. The monoisotopic (exact) mass is 305 g/mol. The minimum Gasteiger partial charge on any atom is -0.207 e. The van der Waals surface area contributed by atoms with Gasteiger partial charge in [0, 0.05) is 6.04 Å². The van der Waals surface area contributed by atoms with E-state index in [1.165, 1.54) is 0 Å². The van der Waals surface area contributed by atoms with Gasteiger partial charge in [0.15, 0.2) is 0 Å². The van der Waals surface area contributed by atoms with Gasteiger partial charge in [-0.15, -0.1) is 0 Å². The number of aryl methyl sites for hydroxylation is 1. The van der Waals surface area contributed by atoms with E-state index in [2.05, 4.69) is 25.1 Å². The molecule has 3 fully saturated rings. The number of fused-ring (bicyclic) bond motifs is 2. The minimum atomic E-state index is -3.46. The maximum absolute atomic E-state index is 12.5. The average molecular weight is 305 g/mol. The summed E-state index contributed by atoms with van der Waals surface area (Å²) in [6.07, 6.45) is 2.03. The summed E-state index contributed by atoms with van der Waals surface area (Å²) in [7, 11) is -3.46. The molecule has 4 heteroatoms. The van der Waals surface area contributed by atoms with Crippen LogP contribution < -0.4 is 4.72 Å². The molecule has 0 radical (unpaired) electrons. The standard InChI is InChI=1S/C17H23NO2S/c1-11-5-7-14(8-6-11)21(19,20)18-16-10-13-9-15(12(16)2)17(13,3)4/h5-8,13,15-16,18H,2,9-10H2,1,3-4H3/t13-,15+,16+/m0/s1. The van der Waals surface area contributed by atoms with Crippen LogP contribution in [0.4, 0.5) is 0 Å². The van der Waals surface area contributed by atoms with Crippen molar-refractivity contribution in [2.75, 3.05) is 0 Å². The molecule has 3 aliphatic carbocycles. The lowest BCUT2D eigenvalue weighted by Gasteiger charge is -2.59. The fraction of sp³-hybridized carbons (Fsp3) is 0.529. The zero-order valence-corrected chi connectivity index (χ0v) is 13.7. The average Bonchev–Trinajstić information content (AvgIpc) is 2.40. The summed E-state index contributed by atoms with van der Waals surface area (Å²) in [5.74, 6) is 1.04. The SMILES string of the molecule is C=C1[C@H]2C[C@@H](C[C@H]1NS(=O)(=O)c1ccc(C)cc1)C2(C)C. The highest BCUT2D eigenvalue weighted by molar-refractivity contribution is 7.89. The molecule has 3 nitrogen and oxygen atoms in total. The predicted octanol–water partition coefficient (Wildman–Crippen LogP) is 3.26. The third-order valence-corrected chi connectivity index (χ3v) is 7.00. The van der Waals surface area contributed by atoms with E-state index in [0.717, 1.165) is 24.0 Å². The highest BCUT2D eigenvalue weighted by Gasteiger charge is 2.55. The molecule has 0 unspecified atom stereocenters. The van der Waals surface area contributed by atoms with E-state index in [1.807, 2.05) is 19.1 Å². The molecule has 1 aromatic carbocycles. The van der Waals surface area contributed by atoms with E-state index in [1.54, 1.807) is 12.1 Å². The van der Waals surface area contributed by atoms with Crippen molar-refractivity contribution in [1.82, 2.24) is 4.72 Å². The molecular formula is C17H23NO2S. The topological polar surface area (TPSA) is 46.2 Å². The van der Waals surface area contributed by atoms with Crippen molar-refractivity contribution in [3.63, 3.8) is 0 Å². The Balaban J connectivity index is 1.78. The zero-order valence-electron chi connectivity index (χ0n) is 12.9. The van der Waals surface area contributed by atoms with Gasteiger partial charge in [-0.1, -0.05) is 43.7 Å². The molecule has 0 aromatic heterocycles. The van der Waals surface area contributed by atoms with Crippen LogP contribution in [-0.2, 0) is 10.0 Å². The summed E-state index contributed by atoms with van der Waals surface area (Å²) in [4.78, 5) is 0.333. The maximum Gasteiger partial charge on any atom is 0.241 e. The van der Waals surface area contributed by atoms with Gasteiger partial charge in [-0.3, -0.25) is 0 Å². The number of sulfonamides is 1. The highest BCUT2D eigenvalue weighted by Crippen LogP contribution is 2.60. The molecule has 114 valence electrons. The van der Waals surface area contributed by atoms with E-state index < -0.39 is 10.0 Å². The second-order valence-corrected chi connectivity index (χ2v) is 8.82. The van der Waals surface area contributed by atoms with Crippen LogP contribution in [0.1, 0.15) is 32.3 Å². The lowest BCUT2D eigenvalue weighted by atomic mass is 9.46. The number of benzene rings is 1. The quantitative estimate of drug-likeness (QED) is 0.871. The number of hydrogen-bond donors (Lipinski definition) is 1. The molecule has 3 atom stereocenters. The molecule has 21 heavy (non-hydrogen) atoms. The van der Waals surface area contributed by atoms with E-state index in [0.29, 0.717) is 16.7 Å². The molecule has 3 aliphatic rings. The summed E-state index contributed by atoms with van der Waals surface area (Å²) < 4.78 is 27.8. The van der Waals surface area contributed by atoms with E-state index in [-0.39, 0.29) is 11.5 Å². The summed E-state index contributed by atoms with van der Waals surface area (Å²) in [5.41, 5.74) is 2.39. The van der Waals surface area contributed by atoms with Crippen molar-refractivity contribution in [1.29, 1.82) is 0 Å². The van der Waals surface area contributed by atoms with E-state index >= 15 is 0 Å². The Bertz CT molecular complexity index is 673. The van der Waals surface area contributed by atoms with Crippen LogP contribution in [0, 0.1) is 24.2 Å². The zero-order chi connectivity index (χ0) is 15.4. The second kappa shape index (κ2) is 4.68. The van der Waals surface area contributed by atoms with Gasteiger partial charge in [0.1, 0.15) is 0 Å². The maximum atomic E-state index is 12.5. The summed E-state index contributed by atoms with van der Waals surface area (Å²) in [6, 6.07) is 6.85. The van der Waals surface area contributed by atoms with Crippen LogP contribution in [0.3, 0.4) is 0 Å². The molecule has 0 amide bonds. The molecule has 0 spiro atoms. The summed E-state index contributed by atoms with van der Waals surface area (Å²) in [5, 5.41) is 0. The number of rotatable bonds is 3. The van der Waals surface area contributed by atoms with Gasteiger partial charge in [0.05, 0.1) is 4.90 Å². The van der Waals surface area contributed by atoms with Gasteiger partial charge in [-0.25, -0.2) is 13.1 Å². The Morgan fingerprint density at radius 3 is 2.33 bits per heavy atom. The van der Waals surface area contributed by atoms with Gasteiger partial charge in [-0.2, -0.15) is 0 Å². The highest BCUT2D eigenvalue weighted by atomic mass is 32.2. The molecule has 0 aliphatic heterocycles. The summed E-state index contributed by atoms with van der Waals surface area (Å²) in [6.45, 7) is 10.7. The van der Waals surface area contributed by atoms with E-state index in [4.69, 9.17) is 0 Å². The second-order valence-electron chi connectivity index (χ2n) is 7.10. The van der Waals surface area contributed by atoms with E-state index in [9.17, 15) is 8.42 Å². The van der Waals surface area contributed by atoms with Crippen LogP contribution in [-0.4, -0.2) is 14.5 Å². The van der Waals surface area contributed by atoms with Crippen LogP contribution in [0.2, 0.25) is 0 Å². The third-order valence-electron chi connectivity index (χ3n) is 5.51. The molecule has 2 bridgehead atoms. The Hall–Kier alpha value is -1.13. The van der Waals surface area contributed by atoms with Crippen molar-refractivity contribution in [3.05, 3.63) is 42.0 Å². The first-order valence-electron chi connectivity index (χ1n) is 7.49. The van der Waals surface area contributed by atoms with Crippen molar-refractivity contribution >= 4 is 10.0 Å². The van der Waals surface area contributed by atoms with Gasteiger partial charge < -0.3 is 0 Å². The first kappa shape index (κ1) is 14.8. The Labute approximate surface area is 127 Å². The molecule has 3 saturated carbocycles. The largest absolute Gasteiger partial charge is 0.241 e. The molecule has 1 aromatic rings. The smallest absolute Gasteiger partial charge is 0.207 e. The van der Waals surface area contributed by atoms with Gasteiger partial charge in [-0.05, 0) is 49.1 Å².